The Kier molecular flexibility index (Phi) is 8.72. The second-order valence-electron chi connectivity index (χ2n) is 8.58. The Bertz CT molecular complexity index is 711. The van der Waals surface area contributed by atoms with Crippen LogP contribution in [0.1, 0.15) is 51.1 Å². The van der Waals surface area contributed by atoms with Gasteiger partial charge in [0.1, 0.15) is 0 Å². The van der Waals surface area contributed by atoms with E-state index < -0.39 is 0 Å². The highest BCUT2D eigenvalue weighted by molar-refractivity contribution is 5.80. The van der Waals surface area contributed by atoms with Crippen LogP contribution in [0.5, 0.6) is 0 Å². The van der Waals surface area contributed by atoms with E-state index in [-0.39, 0.29) is 23.5 Å². The Hall–Kier alpha value is -2.12. The molecule has 1 atom stereocenters. The van der Waals surface area contributed by atoms with Crippen molar-refractivity contribution in [3.8, 4) is 0 Å². The molecule has 1 aromatic carbocycles. The first kappa shape index (κ1) is 23.5. The van der Waals surface area contributed by atoms with E-state index in [1.165, 1.54) is 5.56 Å². The largest absolute Gasteiger partial charge is 0.466 e. The van der Waals surface area contributed by atoms with Crippen LogP contribution >= 0.6 is 0 Å². The molecule has 2 heterocycles. The number of hydrogen-bond acceptors (Lipinski definition) is 5. The zero-order valence-electron chi connectivity index (χ0n) is 19.2. The summed E-state index contributed by atoms with van der Waals surface area (Å²) < 4.78 is 10.9. The molecular weight excluding hydrogens is 392 g/mol. The van der Waals surface area contributed by atoms with Gasteiger partial charge in [-0.2, -0.15) is 0 Å². The lowest BCUT2D eigenvalue weighted by Crippen LogP contribution is -2.59. The number of carbonyl (C=O) groups is 1. The SMILES string of the molecule is CCOC(=O)C1CCN(C(=NC)NCC2(NC(C)c3ccccc3)CCOCC2)CC1. The van der Waals surface area contributed by atoms with Gasteiger partial charge in [0.15, 0.2) is 5.96 Å². The van der Waals surface area contributed by atoms with Gasteiger partial charge in [-0.25, -0.2) is 0 Å². The van der Waals surface area contributed by atoms with Crippen molar-refractivity contribution in [2.24, 2.45) is 10.9 Å². The molecule has 3 rings (SSSR count). The van der Waals surface area contributed by atoms with Gasteiger partial charge in [-0.1, -0.05) is 30.3 Å². The molecule has 172 valence electrons. The Morgan fingerprint density at radius 2 is 1.94 bits per heavy atom. The van der Waals surface area contributed by atoms with E-state index in [9.17, 15) is 4.79 Å². The smallest absolute Gasteiger partial charge is 0.309 e. The van der Waals surface area contributed by atoms with Crippen molar-refractivity contribution in [2.75, 3.05) is 46.5 Å². The molecule has 2 fully saturated rings. The van der Waals surface area contributed by atoms with E-state index in [1.807, 2.05) is 14.0 Å². The number of benzene rings is 1. The summed E-state index contributed by atoms with van der Waals surface area (Å²) in [5, 5.41) is 7.51. The van der Waals surface area contributed by atoms with Crippen LogP contribution in [0.2, 0.25) is 0 Å². The van der Waals surface area contributed by atoms with Gasteiger partial charge in [0.25, 0.3) is 0 Å². The summed E-state index contributed by atoms with van der Waals surface area (Å²) in [6.07, 6.45) is 3.53. The van der Waals surface area contributed by atoms with Gasteiger partial charge in [-0.05, 0) is 45.1 Å². The van der Waals surface area contributed by atoms with Gasteiger partial charge in [-0.15, -0.1) is 0 Å². The number of carbonyl (C=O) groups excluding carboxylic acids is 1. The average molecular weight is 431 g/mol. The number of nitrogens with zero attached hydrogens (tertiary/aromatic N) is 2. The summed E-state index contributed by atoms with van der Waals surface area (Å²) in [6, 6.07) is 10.8. The molecule has 31 heavy (non-hydrogen) atoms. The first-order valence-electron chi connectivity index (χ1n) is 11.6. The van der Waals surface area contributed by atoms with E-state index in [0.717, 1.165) is 64.5 Å². The van der Waals surface area contributed by atoms with Crippen molar-refractivity contribution in [3.05, 3.63) is 35.9 Å². The highest BCUT2D eigenvalue weighted by atomic mass is 16.5. The van der Waals surface area contributed by atoms with Gasteiger partial charge in [0, 0.05) is 51.5 Å². The molecule has 0 saturated carbocycles. The van der Waals surface area contributed by atoms with E-state index >= 15 is 0 Å². The molecule has 1 unspecified atom stereocenters. The van der Waals surface area contributed by atoms with Crippen LogP contribution in [-0.4, -0.2) is 68.9 Å². The van der Waals surface area contributed by atoms with Crippen LogP contribution in [0, 0.1) is 5.92 Å². The van der Waals surface area contributed by atoms with E-state index in [0.29, 0.717) is 6.61 Å². The predicted octanol–water partition coefficient (Wildman–Crippen LogP) is 2.74. The summed E-state index contributed by atoms with van der Waals surface area (Å²) in [4.78, 5) is 18.8. The lowest BCUT2D eigenvalue weighted by molar-refractivity contribution is -0.149. The van der Waals surface area contributed by atoms with Crippen molar-refractivity contribution >= 4 is 11.9 Å². The van der Waals surface area contributed by atoms with Gasteiger partial charge in [0.2, 0.25) is 0 Å². The minimum Gasteiger partial charge on any atom is -0.466 e. The summed E-state index contributed by atoms with van der Waals surface area (Å²) >= 11 is 0. The van der Waals surface area contributed by atoms with E-state index in [2.05, 4.69) is 57.8 Å². The number of ether oxygens (including phenoxy) is 2. The van der Waals surface area contributed by atoms with Gasteiger partial charge >= 0.3 is 5.97 Å². The first-order valence-corrected chi connectivity index (χ1v) is 11.6. The topological polar surface area (TPSA) is 75.2 Å². The zero-order chi connectivity index (χ0) is 22.1. The molecule has 0 aliphatic carbocycles. The maximum atomic E-state index is 12.0. The maximum Gasteiger partial charge on any atom is 0.309 e. The Morgan fingerprint density at radius 1 is 1.26 bits per heavy atom. The molecule has 1 aromatic rings. The molecule has 0 amide bonds. The second-order valence-corrected chi connectivity index (χ2v) is 8.58. The van der Waals surface area contributed by atoms with Gasteiger partial charge < -0.3 is 25.0 Å². The number of esters is 1. The number of guanidine groups is 1. The number of nitrogens with one attached hydrogen (secondary N) is 2. The molecule has 2 aliphatic heterocycles. The quantitative estimate of drug-likeness (QED) is 0.394. The normalized spacial score (nSPS) is 20.9. The third-order valence-corrected chi connectivity index (χ3v) is 6.48. The maximum absolute atomic E-state index is 12.0. The van der Waals surface area contributed by atoms with Crippen molar-refractivity contribution in [2.45, 2.75) is 51.1 Å². The molecule has 0 aromatic heterocycles. The van der Waals surface area contributed by atoms with Crippen LogP contribution in [-0.2, 0) is 14.3 Å². The van der Waals surface area contributed by atoms with Crippen LogP contribution < -0.4 is 10.6 Å². The lowest BCUT2D eigenvalue weighted by Gasteiger charge is -2.42. The average Bonchev–Trinajstić information content (AvgIpc) is 2.81. The monoisotopic (exact) mass is 430 g/mol. The summed E-state index contributed by atoms with van der Waals surface area (Å²) in [5.74, 6) is 0.845. The first-order chi connectivity index (χ1) is 15.1. The molecule has 7 nitrogen and oxygen atoms in total. The Morgan fingerprint density at radius 3 is 2.55 bits per heavy atom. The minimum absolute atomic E-state index is 0.00419. The van der Waals surface area contributed by atoms with Crippen molar-refractivity contribution in [1.29, 1.82) is 0 Å². The van der Waals surface area contributed by atoms with Crippen LogP contribution in [0.3, 0.4) is 0 Å². The molecule has 2 aliphatic rings. The van der Waals surface area contributed by atoms with Crippen LogP contribution in [0.4, 0.5) is 0 Å². The van der Waals surface area contributed by atoms with E-state index in [1.54, 1.807) is 0 Å². The summed E-state index contributed by atoms with van der Waals surface area (Å²) in [6.45, 7) is 8.47. The number of aliphatic imine (C=N–C) groups is 1. The third-order valence-electron chi connectivity index (χ3n) is 6.48. The van der Waals surface area contributed by atoms with E-state index in [4.69, 9.17) is 9.47 Å². The highest BCUT2D eigenvalue weighted by Crippen LogP contribution is 2.25. The Labute approximate surface area is 186 Å². The standard InChI is InChI=1S/C24H38N4O3/c1-4-31-22(29)21-10-14-28(15-11-21)23(25-3)26-18-24(12-16-30-17-13-24)27-19(2)20-8-6-5-7-9-20/h5-9,19,21,27H,4,10-18H2,1-3H3,(H,25,26). The fraction of sp³-hybridized carbons (Fsp3) is 0.667. The molecule has 0 radical (unpaired) electrons. The molecular formula is C24H38N4O3. The molecule has 0 bridgehead atoms. The zero-order valence-corrected chi connectivity index (χ0v) is 19.2. The number of piperidine rings is 1. The molecule has 2 N–H and O–H groups in total. The Balaban J connectivity index is 1.58. The lowest BCUT2D eigenvalue weighted by atomic mass is 9.88. The number of rotatable bonds is 7. The fourth-order valence-electron chi connectivity index (χ4n) is 4.59. The summed E-state index contributed by atoms with van der Waals surface area (Å²) in [7, 11) is 1.83. The number of hydrogen-bond donors (Lipinski definition) is 2. The fourth-order valence-corrected chi connectivity index (χ4v) is 4.59. The molecule has 2 saturated heterocycles. The summed E-state index contributed by atoms with van der Waals surface area (Å²) in [5.41, 5.74) is 1.24. The van der Waals surface area contributed by atoms with Gasteiger partial charge in [0.05, 0.1) is 12.5 Å². The number of likely N-dealkylation sites (tertiary alicyclic amines) is 1. The minimum atomic E-state index is -0.0645. The van der Waals surface area contributed by atoms with Gasteiger partial charge in [-0.3, -0.25) is 9.79 Å². The third kappa shape index (κ3) is 6.43. The van der Waals surface area contributed by atoms with Crippen molar-refractivity contribution < 1.29 is 14.3 Å². The van der Waals surface area contributed by atoms with Crippen LogP contribution in [0.25, 0.3) is 0 Å². The predicted molar refractivity (Wildman–Crippen MR) is 123 cm³/mol. The van der Waals surface area contributed by atoms with Crippen molar-refractivity contribution in [3.63, 3.8) is 0 Å². The van der Waals surface area contributed by atoms with Crippen molar-refractivity contribution in [1.82, 2.24) is 15.5 Å². The molecule has 0 spiro atoms. The van der Waals surface area contributed by atoms with Crippen LogP contribution in [0.15, 0.2) is 35.3 Å². The molecule has 7 heteroatoms. The second kappa shape index (κ2) is 11.5. The highest BCUT2D eigenvalue weighted by Gasteiger charge is 2.35.